The normalized spacial score (nSPS) is 9.75. The molecule has 0 saturated heterocycles. The zero-order valence-corrected chi connectivity index (χ0v) is 8.77. The zero-order valence-electron chi connectivity index (χ0n) is 8.77. The first-order chi connectivity index (χ1) is 7.78. The Balaban J connectivity index is 2.02. The molecule has 0 aliphatic heterocycles. The Kier molecular flexibility index (Phi) is 2.83. The van der Waals surface area contributed by atoms with E-state index in [1.807, 2.05) is 13.0 Å². The van der Waals surface area contributed by atoms with Crippen LogP contribution >= 0.6 is 0 Å². The molecular weight excluding hydrogens is 204 g/mol. The Labute approximate surface area is 92.8 Å². The molecule has 0 atom stereocenters. The van der Waals surface area contributed by atoms with Crippen LogP contribution in [0.15, 0.2) is 28.8 Å². The van der Waals surface area contributed by atoms with Crippen molar-refractivity contribution in [1.29, 1.82) is 5.26 Å². The number of rotatable bonds is 3. The van der Waals surface area contributed by atoms with Gasteiger partial charge in [-0.25, -0.2) is 9.97 Å². The summed E-state index contributed by atoms with van der Waals surface area (Å²) in [6.45, 7) is 2.29. The summed E-state index contributed by atoms with van der Waals surface area (Å²) in [7, 11) is 0. The highest BCUT2D eigenvalue weighted by atomic mass is 16.4. The number of nitriles is 1. The molecule has 0 aromatic carbocycles. The van der Waals surface area contributed by atoms with Crippen molar-refractivity contribution in [2.24, 2.45) is 0 Å². The molecule has 2 aromatic rings. The van der Waals surface area contributed by atoms with Crippen LogP contribution in [0.1, 0.15) is 17.3 Å². The number of hydrogen-bond donors (Lipinski definition) is 1. The van der Waals surface area contributed by atoms with E-state index in [9.17, 15) is 0 Å². The molecule has 16 heavy (non-hydrogen) atoms. The average Bonchev–Trinajstić information content (AvgIpc) is 2.73. The fraction of sp³-hybridized carbons (Fsp3) is 0.182. The Morgan fingerprint density at radius 2 is 2.38 bits per heavy atom. The van der Waals surface area contributed by atoms with Gasteiger partial charge in [0.1, 0.15) is 23.3 Å². The molecule has 0 spiro atoms. The van der Waals surface area contributed by atoms with Crippen molar-refractivity contribution in [1.82, 2.24) is 9.97 Å². The number of hydrogen-bond acceptors (Lipinski definition) is 5. The fourth-order valence-electron chi connectivity index (χ4n) is 1.24. The van der Waals surface area contributed by atoms with E-state index in [2.05, 4.69) is 15.3 Å². The van der Waals surface area contributed by atoms with Crippen LogP contribution in [0.5, 0.6) is 0 Å². The van der Waals surface area contributed by atoms with Crippen LogP contribution in [0.25, 0.3) is 0 Å². The van der Waals surface area contributed by atoms with Crippen molar-refractivity contribution in [3.63, 3.8) is 0 Å². The van der Waals surface area contributed by atoms with Gasteiger partial charge in [-0.2, -0.15) is 5.26 Å². The molecule has 0 radical (unpaired) electrons. The maximum Gasteiger partial charge on any atom is 0.213 e. The van der Waals surface area contributed by atoms with Crippen molar-refractivity contribution in [2.75, 3.05) is 5.32 Å². The number of aromatic nitrogens is 2. The Morgan fingerprint density at radius 3 is 3.06 bits per heavy atom. The molecule has 0 unspecified atom stereocenters. The summed E-state index contributed by atoms with van der Waals surface area (Å²) in [5, 5.41) is 11.7. The molecule has 2 rings (SSSR count). The maximum atomic E-state index is 8.68. The van der Waals surface area contributed by atoms with E-state index in [0.29, 0.717) is 23.9 Å². The van der Waals surface area contributed by atoms with Crippen LogP contribution in [0.3, 0.4) is 0 Å². The van der Waals surface area contributed by atoms with Gasteiger partial charge in [0.25, 0.3) is 0 Å². The number of pyridine rings is 1. The van der Waals surface area contributed by atoms with Gasteiger partial charge in [-0.3, -0.25) is 0 Å². The highest BCUT2D eigenvalue weighted by Crippen LogP contribution is 2.07. The predicted molar refractivity (Wildman–Crippen MR) is 57.5 cm³/mol. The van der Waals surface area contributed by atoms with Crippen molar-refractivity contribution in [3.8, 4) is 6.07 Å². The minimum atomic E-state index is 0.383. The van der Waals surface area contributed by atoms with Crippen molar-refractivity contribution in [3.05, 3.63) is 41.7 Å². The molecule has 0 fully saturated rings. The Bertz CT molecular complexity index is 527. The van der Waals surface area contributed by atoms with Crippen molar-refractivity contribution in [2.45, 2.75) is 13.5 Å². The first-order valence-electron chi connectivity index (χ1n) is 4.80. The van der Waals surface area contributed by atoms with Gasteiger partial charge in [0.05, 0.1) is 12.7 Å². The number of nitrogens with zero attached hydrogens (tertiary/aromatic N) is 3. The lowest BCUT2D eigenvalue weighted by Gasteiger charge is -2.02. The van der Waals surface area contributed by atoms with Gasteiger partial charge in [0.15, 0.2) is 0 Å². The van der Waals surface area contributed by atoms with Crippen LogP contribution in [0.4, 0.5) is 5.82 Å². The highest BCUT2D eigenvalue weighted by molar-refractivity contribution is 5.38. The first-order valence-corrected chi connectivity index (χ1v) is 4.80. The monoisotopic (exact) mass is 214 g/mol. The predicted octanol–water partition coefficient (Wildman–Crippen LogP) is 1.86. The summed E-state index contributed by atoms with van der Waals surface area (Å²) in [6, 6.07) is 7.19. The van der Waals surface area contributed by atoms with Crippen LogP contribution in [-0.4, -0.2) is 9.97 Å². The van der Waals surface area contributed by atoms with E-state index in [4.69, 9.17) is 9.68 Å². The molecule has 2 aromatic heterocycles. The van der Waals surface area contributed by atoms with Gasteiger partial charge < -0.3 is 9.73 Å². The van der Waals surface area contributed by atoms with Crippen LogP contribution < -0.4 is 5.32 Å². The van der Waals surface area contributed by atoms with Gasteiger partial charge >= 0.3 is 0 Å². The molecule has 0 bridgehead atoms. The summed E-state index contributed by atoms with van der Waals surface area (Å²) in [6.07, 6.45) is 1.66. The molecule has 80 valence electrons. The molecular formula is C11H10N4O. The average molecular weight is 214 g/mol. The van der Waals surface area contributed by atoms with E-state index in [-0.39, 0.29) is 0 Å². The van der Waals surface area contributed by atoms with Gasteiger partial charge in [0.2, 0.25) is 5.89 Å². The minimum absolute atomic E-state index is 0.383. The standard InChI is InChI=1S/C11H10N4O/c1-8-6-14-11(16-8)7-13-10-4-2-3-9(5-12)15-10/h2-4,6H,7H2,1H3,(H,13,15). The quantitative estimate of drug-likeness (QED) is 0.844. The third-order valence-electron chi connectivity index (χ3n) is 1.95. The molecule has 0 aliphatic rings. The highest BCUT2D eigenvalue weighted by Gasteiger charge is 2.01. The second-order valence-corrected chi connectivity index (χ2v) is 3.24. The summed E-state index contributed by atoms with van der Waals surface area (Å²) >= 11 is 0. The SMILES string of the molecule is Cc1cnc(CNc2cccc(C#N)n2)o1. The zero-order chi connectivity index (χ0) is 11.4. The summed E-state index contributed by atoms with van der Waals surface area (Å²) < 4.78 is 5.30. The molecule has 0 saturated carbocycles. The topological polar surface area (TPSA) is 74.7 Å². The van der Waals surface area contributed by atoms with E-state index in [1.54, 1.807) is 24.4 Å². The molecule has 5 heteroatoms. The summed E-state index contributed by atoms with van der Waals surface area (Å²) in [5.74, 6) is 2.01. The molecule has 0 amide bonds. The number of anilines is 1. The number of aryl methyl sites for hydroxylation is 1. The van der Waals surface area contributed by atoms with Crippen molar-refractivity contribution >= 4 is 5.82 Å². The summed E-state index contributed by atoms with van der Waals surface area (Å²) in [4.78, 5) is 8.12. The van der Waals surface area contributed by atoms with Crippen LogP contribution in [0, 0.1) is 18.3 Å². The second kappa shape index (κ2) is 4.45. The molecule has 2 heterocycles. The van der Waals surface area contributed by atoms with Gasteiger partial charge in [-0.05, 0) is 19.1 Å². The van der Waals surface area contributed by atoms with Gasteiger partial charge in [-0.1, -0.05) is 6.07 Å². The van der Waals surface area contributed by atoms with Gasteiger partial charge in [0, 0.05) is 0 Å². The van der Waals surface area contributed by atoms with Gasteiger partial charge in [-0.15, -0.1) is 0 Å². The van der Waals surface area contributed by atoms with E-state index in [1.165, 1.54) is 0 Å². The van der Waals surface area contributed by atoms with Crippen molar-refractivity contribution < 1.29 is 4.42 Å². The Morgan fingerprint density at radius 1 is 1.50 bits per heavy atom. The maximum absolute atomic E-state index is 8.68. The number of nitrogens with one attached hydrogen (secondary N) is 1. The Hall–Kier alpha value is -2.35. The van der Waals surface area contributed by atoms with E-state index < -0.39 is 0 Å². The lowest BCUT2D eigenvalue weighted by molar-refractivity contribution is 0.479. The van der Waals surface area contributed by atoms with Crippen LogP contribution in [0.2, 0.25) is 0 Å². The molecule has 0 aliphatic carbocycles. The van der Waals surface area contributed by atoms with E-state index >= 15 is 0 Å². The third kappa shape index (κ3) is 2.36. The smallest absolute Gasteiger partial charge is 0.213 e. The lowest BCUT2D eigenvalue weighted by Crippen LogP contribution is -2.01. The largest absolute Gasteiger partial charge is 0.444 e. The van der Waals surface area contributed by atoms with Crippen LogP contribution in [-0.2, 0) is 6.54 Å². The lowest BCUT2D eigenvalue weighted by atomic mass is 10.3. The fourth-order valence-corrected chi connectivity index (χ4v) is 1.24. The molecule has 1 N–H and O–H groups in total. The minimum Gasteiger partial charge on any atom is -0.444 e. The number of oxazole rings is 1. The third-order valence-corrected chi connectivity index (χ3v) is 1.95. The summed E-state index contributed by atoms with van der Waals surface area (Å²) in [5.41, 5.74) is 0.383. The second-order valence-electron chi connectivity index (χ2n) is 3.24. The first kappa shape index (κ1) is 10.2. The van der Waals surface area contributed by atoms with E-state index in [0.717, 1.165) is 5.76 Å². The molecule has 5 nitrogen and oxygen atoms in total.